The molecule has 2 aromatic carbocycles. The Morgan fingerprint density at radius 3 is 2.59 bits per heavy atom. The number of Topliss-reactive ketones (excluding diaryl/α,β-unsaturated/α-hetero) is 1. The van der Waals surface area contributed by atoms with E-state index in [0.29, 0.717) is 30.3 Å². The number of ether oxygens (including phenoxy) is 3. The number of hydrogen-bond acceptors (Lipinski definition) is 6. The van der Waals surface area contributed by atoms with Gasteiger partial charge in [0.1, 0.15) is 13.2 Å². The van der Waals surface area contributed by atoms with Crippen LogP contribution in [0.4, 0.5) is 0 Å². The number of thioether (sulfide) groups is 1. The van der Waals surface area contributed by atoms with Crippen LogP contribution in [0.3, 0.4) is 0 Å². The van der Waals surface area contributed by atoms with Crippen LogP contribution in [-0.4, -0.2) is 37.3 Å². The van der Waals surface area contributed by atoms with Crippen LogP contribution in [0.25, 0.3) is 0 Å². The molecule has 0 N–H and O–H groups in total. The first kappa shape index (κ1) is 19.8. The molecule has 0 spiro atoms. The van der Waals surface area contributed by atoms with Crippen LogP contribution in [0.15, 0.2) is 39.7 Å². The lowest BCUT2D eigenvalue weighted by Crippen LogP contribution is -2.18. The maximum absolute atomic E-state index is 12.3. The first-order valence-electron chi connectivity index (χ1n) is 8.42. The SMILES string of the molecule is Cc1cc(SCC(=O)OCC(=O)c2ccc3c(c2)OCCO3)c(C)cc1Br. The van der Waals surface area contributed by atoms with Crippen LogP contribution in [0.1, 0.15) is 21.5 Å². The molecular weight excluding hydrogens is 432 g/mol. The van der Waals surface area contributed by atoms with Gasteiger partial charge in [-0.25, -0.2) is 0 Å². The molecule has 0 aromatic heterocycles. The van der Waals surface area contributed by atoms with Gasteiger partial charge in [0, 0.05) is 14.9 Å². The van der Waals surface area contributed by atoms with Crippen LogP contribution in [0.2, 0.25) is 0 Å². The van der Waals surface area contributed by atoms with Crippen molar-refractivity contribution < 1.29 is 23.8 Å². The molecule has 0 saturated heterocycles. The van der Waals surface area contributed by atoms with Gasteiger partial charge in [0.05, 0.1) is 5.75 Å². The Hall–Kier alpha value is -1.99. The zero-order chi connectivity index (χ0) is 19.4. The molecule has 1 aliphatic heterocycles. The Bertz CT molecular complexity index is 881. The fourth-order valence-corrected chi connectivity index (χ4v) is 3.90. The van der Waals surface area contributed by atoms with E-state index in [1.807, 2.05) is 26.0 Å². The van der Waals surface area contributed by atoms with E-state index in [2.05, 4.69) is 15.9 Å². The summed E-state index contributed by atoms with van der Waals surface area (Å²) in [5.41, 5.74) is 2.61. The van der Waals surface area contributed by atoms with E-state index < -0.39 is 5.97 Å². The number of carbonyl (C=O) groups excluding carboxylic acids is 2. The summed E-state index contributed by atoms with van der Waals surface area (Å²) in [6.45, 7) is 4.64. The number of fused-ring (bicyclic) bond motifs is 1. The average Bonchev–Trinajstić information content (AvgIpc) is 2.67. The average molecular weight is 451 g/mol. The predicted octanol–water partition coefficient (Wildman–Crippen LogP) is 4.36. The lowest BCUT2D eigenvalue weighted by molar-refractivity contribution is -0.139. The van der Waals surface area contributed by atoms with E-state index in [-0.39, 0.29) is 18.1 Å². The molecule has 3 rings (SSSR count). The predicted molar refractivity (Wildman–Crippen MR) is 107 cm³/mol. The monoisotopic (exact) mass is 450 g/mol. The summed E-state index contributed by atoms with van der Waals surface area (Å²) < 4.78 is 17.1. The summed E-state index contributed by atoms with van der Waals surface area (Å²) in [7, 11) is 0. The van der Waals surface area contributed by atoms with Crippen LogP contribution >= 0.6 is 27.7 Å². The highest BCUT2D eigenvalue weighted by molar-refractivity contribution is 9.10. The van der Waals surface area contributed by atoms with Crippen molar-refractivity contribution in [1.82, 2.24) is 0 Å². The number of aryl methyl sites for hydroxylation is 2. The summed E-state index contributed by atoms with van der Waals surface area (Å²) in [6.07, 6.45) is 0. The molecule has 142 valence electrons. The fourth-order valence-electron chi connectivity index (χ4n) is 2.53. The number of ketones is 1. The molecule has 7 heteroatoms. The van der Waals surface area contributed by atoms with Crippen molar-refractivity contribution in [3.63, 3.8) is 0 Å². The van der Waals surface area contributed by atoms with Gasteiger partial charge in [0.2, 0.25) is 0 Å². The van der Waals surface area contributed by atoms with Crippen molar-refractivity contribution in [3.05, 3.63) is 51.5 Å². The van der Waals surface area contributed by atoms with Crippen molar-refractivity contribution in [2.45, 2.75) is 18.7 Å². The van der Waals surface area contributed by atoms with E-state index in [1.54, 1.807) is 18.2 Å². The number of esters is 1. The second kappa shape index (κ2) is 8.80. The minimum atomic E-state index is -0.425. The third kappa shape index (κ3) is 5.05. The third-order valence-corrected chi connectivity index (χ3v) is 6.02. The van der Waals surface area contributed by atoms with Crippen molar-refractivity contribution in [2.75, 3.05) is 25.6 Å². The van der Waals surface area contributed by atoms with E-state index in [0.717, 1.165) is 20.5 Å². The largest absolute Gasteiger partial charge is 0.486 e. The molecule has 0 fully saturated rings. The zero-order valence-corrected chi connectivity index (χ0v) is 17.4. The van der Waals surface area contributed by atoms with E-state index in [9.17, 15) is 9.59 Å². The first-order valence-corrected chi connectivity index (χ1v) is 10.2. The summed E-state index contributed by atoms with van der Waals surface area (Å²) in [6, 6.07) is 9.00. The minimum Gasteiger partial charge on any atom is -0.486 e. The van der Waals surface area contributed by atoms with Crippen molar-refractivity contribution in [2.24, 2.45) is 0 Å². The molecule has 0 aliphatic carbocycles. The minimum absolute atomic E-state index is 0.149. The Kier molecular flexibility index (Phi) is 6.44. The van der Waals surface area contributed by atoms with Crippen LogP contribution < -0.4 is 9.47 Å². The summed E-state index contributed by atoms with van der Waals surface area (Å²) in [4.78, 5) is 25.3. The van der Waals surface area contributed by atoms with Crippen LogP contribution in [0, 0.1) is 13.8 Å². The third-order valence-electron chi connectivity index (χ3n) is 4.03. The number of rotatable bonds is 6. The topological polar surface area (TPSA) is 61.8 Å². The second-order valence-electron chi connectivity index (χ2n) is 6.10. The highest BCUT2D eigenvalue weighted by Gasteiger charge is 2.16. The Morgan fingerprint density at radius 2 is 1.81 bits per heavy atom. The van der Waals surface area contributed by atoms with Crippen LogP contribution in [0.5, 0.6) is 11.5 Å². The first-order chi connectivity index (χ1) is 12.9. The molecule has 0 saturated carbocycles. The van der Waals surface area contributed by atoms with Crippen molar-refractivity contribution in [1.29, 1.82) is 0 Å². The maximum Gasteiger partial charge on any atom is 0.316 e. The molecule has 1 aliphatic rings. The molecule has 5 nitrogen and oxygen atoms in total. The van der Waals surface area contributed by atoms with Gasteiger partial charge in [-0.15, -0.1) is 11.8 Å². The van der Waals surface area contributed by atoms with Gasteiger partial charge >= 0.3 is 5.97 Å². The van der Waals surface area contributed by atoms with Gasteiger partial charge in [-0.1, -0.05) is 15.9 Å². The molecular formula is C20H19BrO5S. The molecule has 0 unspecified atom stereocenters. The summed E-state index contributed by atoms with van der Waals surface area (Å²) >= 11 is 4.89. The highest BCUT2D eigenvalue weighted by atomic mass is 79.9. The van der Waals surface area contributed by atoms with Crippen LogP contribution in [-0.2, 0) is 9.53 Å². The number of halogens is 1. The van der Waals surface area contributed by atoms with Gasteiger partial charge in [-0.2, -0.15) is 0 Å². The molecule has 0 amide bonds. The zero-order valence-electron chi connectivity index (χ0n) is 15.0. The van der Waals surface area contributed by atoms with Crippen molar-refractivity contribution >= 4 is 39.4 Å². The lowest BCUT2D eigenvalue weighted by atomic mass is 10.1. The standard InChI is InChI=1S/C20H19BrO5S/c1-12-8-19(13(2)7-15(12)21)27-11-20(23)26-10-16(22)14-3-4-17-18(9-14)25-6-5-24-17/h3-4,7-9H,5-6,10-11H2,1-2H3. The second-order valence-corrected chi connectivity index (χ2v) is 7.97. The van der Waals surface area contributed by atoms with E-state index in [1.165, 1.54) is 11.8 Å². The van der Waals surface area contributed by atoms with Crippen molar-refractivity contribution in [3.8, 4) is 11.5 Å². The molecule has 27 heavy (non-hydrogen) atoms. The van der Waals surface area contributed by atoms with Gasteiger partial charge < -0.3 is 14.2 Å². The van der Waals surface area contributed by atoms with Gasteiger partial charge in [0.15, 0.2) is 23.9 Å². The van der Waals surface area contributed by atoms with E-state index >= 15 is 0 Å². The fraction of sp³-hybridized carbons (Fsp3) is 0.300. The van der Waals surface area contributed by atoms with Gasteiger partial charge in [0.25, 0.3) is 0 Å². The Balaban J connectivity index is 1.52. The van der Waals surface area contributed by atoms with E-state index in [4.69, 9.17) is 14.2 Å². The van der Waals surface area contributed by atoms with Gasteiger partial charge in [-0.3, -0.25) is 9.59 Å². The summed E-state index contributed by atoms with van der Waals surface area (Å²) in [5.74, 6) is 0.601. The van der Waals surface area contributed by atoms with Gasteiger partial charge in [-0.05, 0) is 55.3 Å². The number of carbonyl (C=O) groups is 2. The summed E-state index contributed by atoms with van der Waals surface area (Å²) in [5, 5.41) is 0. The molecule has 2 aromatic rings. The molecule has 0 radical (unpaired) electrons. The number of benzene rings is 2. The normalized spacial score (nSPS) is 12.6. The molecule has 1 heterocycles. The quantitative estimate of drug-likeness (QED) is 0.370. The molecule has 0 bridgehead atoms. The molecule has 0 atom stereocenters. The smallest absolute Gasteiger partial charge is 0.316 e. The number of hydrogen-bond donors (Lipinski definition) is 0. The Morgan fingerprint density at radius 1 is 1.07 bits per heavy atom. The highest BCUT2D eigenvalue weighted by Crippen LogP contribution is 2.31. The maximum atomic E-state index is 12.3. The Labute approximate surface area is 170 Å². The lowest BCUT2D eigenvalue weighted by Gasteiger charge is -2.18.